The predicted octanol–water partition coefficient (Wildman–Crippen LogP) is 4.82. The number of esters is 1. The number of hydrogen-bond acceptors (Lipinski definition) is 4. The highest BCUT2D eigenvalue weighted by Gasteiger charge is 2.22. The van der Waals surface area contributed by atoms with E-state index < -0.39 is 5.97 Å². The smallest absolute Gasteiger partial charge is 0.308 e. The average Bonchev–Trinajstić information content (AvgIpc) is 2.52. The zero-order valence-corrected chi connectivity index (χ0v) is 16.5. The minimum atomic E-state index is -0.422. The first kappa shape index (κ1) is 17.7. The molecule has 2 aromatic carbocycles. The lowest BCUT2D eigenvalue weighted by molar-refractivity contribution is -0.132. The van der Waals surface area contributed by atoms with Gasteiger partial charge >= 0.3 is 5.97 Å². The number of nitrogens with one attached hydrogen (secondary N) is 1. The number of rotatable bonds is 2. The molecule has 1 N–H and O–H groups in total. The quantitative estimate of drug-likeness (QED) is 0.391. The maximum atomic E-state index is 12.3. The lowest BCUT2D eigenvalue weighted by Crippen LogP contribution is -2.23. The third-order valence-corrected chi connectivity index (χ3v) is 4.57. The first-order valence-corrected chi connectivity index (χ1v) is 8.91. The largest absolute Gasteiger partial charge is 0.449 e. The van der Waals surface area contributed by atoms with Crippen LogP contribution in [-0.2, 0) is 9.59 Å². The molecule has 25 heavy (non-hydrogen) atoms. The molecule has 0 aromatic heterocycles. The van der Waals surface area contributed by atoms with Gasteiger partial charge in [0.2, 0.25) is 0 Å². The van der Waals surface area contributed by atoms with Crippen molar-refractivity contribution in [1.82, 2.24) is 0 Å². The van der Waals surface area contributed by atoms with E-state index in [0.717, 1.165) is 5.56 Å². The summed E-state index contributed by atoms with van der Waals surface area (Å²) in [5.41, 5.74) is 2.38. The number of carbonyl (C=O) groups excluding carboxylic acids is 2. The third-order valence-electron chi connectivity index (χ3n) is 3.39. The van der Waals surface area contributed by atoms with E-state index in [9.17, 15) is 9.59 Å². The summed E-state index contributed by atoms with van der Waals surface area (Å²) in [4.78, 5) is 23.4. The van der Waals surface area contributed by atoms with E-state index >= 15 is 0 Å². The van der Waals surface area contributed by atoms with Gasteiger partial charge in [-0.2, -0.15) is 0 Å². The number of anilines is 1. The molecule has 0 bridgehead atoms. The fourth-order valence-corrected chi connectivity index (χ4v) is 3.71. The van der Waals surface area contributed by atoms with Gasteiger partial charge in [0.1, 0.15) is 0 Å². The van der Waals surface area contributed by atoms with E-state index in [1.807, 2.05) is 25.1 Å². The van der Waals surface area contributed by atoms with E-state index in [1.165, 1.54) is 6.92 Å². The highest BCUT2D eigenvalue weighted by atomic mass is 79.9. The van der Waals surface area contributed by atoms with Crippen molar-refractivity contribution in [2.24, 2.45) is 0 Å². The Hall–Kier alpha value is -2.12. The Morgan fingerprint density at radius 3 is 2.52 bits per heavy atom. The second kappa shape index (κ2) is 7.01. The predicted molar refractivity (Wildman–Crippen MR) is 102 cm³/mol. The minimum Gasteiger partial charge on any atom is -0.449 e. The van der Waals surface area contributed by atoms with Crippen LogP contribution in [0.2, 0.25) is 0 Å². The van der Waals surface area contributed by atoms with Crippen molar-refractivity contribution in [3.63, 3.8) is 0 Å². The molecule has 0 spiro atoms. The van der Waals surface area contributed by atoms with Crippen LogP contribution in [0, 0.1) is 6.92 Å². The summed E-state index contributed by atoms with van der Waals surface area (Å²) >= 11 is 6.72. The summed E-state index contributed by atoms with van der Waals surface area (Å²) in [7, 11) is 0. The van der Waals surface area contributed by atoms with Crippen LogP contribution in [0.4, 0.5) is 5.69 Å². The average molecular weight is 467 g/mol. The third kappa shape index (κ3) is 3.93. The van der Waals surface area contributed by atoms with E-state index in [1.54, 1.807) is 18.2 Å². The van der Waals surface area contributed by atoms with Gasteiger partial charge in [-0.25, -0.2) is 0 Å². The van der Waals surface area contributed by atoms with Crippen LogP contribution < -0.4 is 14.8 Å². The molecular formula is C18H13Br2NO4. The van der Waals surface area contributed by atoms with Crippen LogP contribution in [0.3, 0.4) is 0 Å². The molecule has 0 atom stereocenters. The Labute approximate surface area is 161 Å². The molecule has 1 amide bonds. The van der Waals surface area contributed by atoms with Crippen molar-refractivity contribution in [3.05, 3.63) is 56.2 Å². The zero-order valence-electron chi connectivity index (χ0n) is 13.4. The lowest BCUT2D eigenvalue weighted by atomic mass is 10.1. The van der Waals surface area contributed by atoms with Gasteiger partial charge in [0.15, 0.2) is 17.3 Å². The normalized spacial score (nSPS) is 14.6. The molecule has 0 fully saturated rings. The molecule has 0 radical (unpaired) electrons. The first-order chi connectivity index (χ1) is 11.8. The minimum absolute atomic E-state index is 0.176. The van der Waals surface area contributed by atoms with Crippen LogP contribution in [0.15, 0.2) is 45.0 Å². The number of fused-ring (bicyclic) bond motifs is 1. The topological polar surface area (TPSA) is 64.6 Å². The Kier molecular flexibility index (Phi) is 4.96. The maximum Gasteiger partial charge on any atom is 0.308 e. The highest BCUT2D eigenvalue weighted by Crippen LogP contribution is 2.37. The molecule has 0 saturated carbocycles. The van der Waals surface area contributed by atoms with E-state index in [2.05, 4.69) is 37.2 Å². The summed E-state index contributed by atoms with van der Waals surface area (Å²) in [6, 6.07) is 9.04. The number of halogens is 2. The van der Waals surface area contributed by atoms with Gasteiger partial charge in [0.05, 0.1) is 14.6 Å². The van der Waals surface area contributed by atoms with E-state index in [-0.39, 0.29) is 11.7 Å². The van der Waals surface area contributed by atoms with Crippen molar-refractivity contribution in [2.45, 2.75) is 13.8 Å². The Morgan fingerprint density at radius 1 is 1.20 bits per heavy atom. The second-order valence-electron chi connectivity index (χ2n) is 5.47. The summed E-state index contributed by atoms with van der Waals surface area (Å²) in [6.45, 7) is 3.27. The number of aryl methyl sites for hydroxylation is 1. The molecule has 128 valence electrons. The fraction of sp³-hybridized carbons (Fsp3) is 0.111. The van der Waals surface area contributed by atoms with Gasteiger partial charge in [-0.15, -0.1) is 0 Å². The van der Waals surface area contributed by atoms with Gasteiger partial charge in [-0.05, 0) is 80.3 Å². The number of hydrogen-bond donors (Lipinski definition) is 1. The molecule has 3 rings (SSSR count). The van der Waals surface area contributed by atoms with Crippen LogP contribution in [0.5, 0.6) is 11.5 Å². The van der Waals surface area contributed by atoms with Crippen molar-refractivity contribution in [2.75, 3.05) is 5.32 Å². The maximum absolute atomic E-state index is 12.3. The number of amides is 1. The van der Waals surface area contributed by atoms with Gasteiger partial charge in [0, 0.05) is 6.92 Å². The molecule has 1 heterocycles. The molecule has 2 aromatic rings. The molecule has 0 unspecified atom stereocenters. The highest BCUT2D eigenvalue weighted by molar-refractivity contribution is 9.11. The molecule has 0 saturated heterocycles. The molecular weight excluding hydrogens is 454 g/mol. The molecule has 0 aliphatic carbocycles. The second-order valence-corrected chi connectivity index (χ2v) is 7.18. The number of benzene rings is 2. The summed E-state index contributed by atoms with van der Waals surface area (Å²) in [5.74, 6) is 0.398. The van der Waals surface area contributed by atoms with Crippen molar-refractivity contribution >= 4 is 55.5 Å². The molecule has 1 aliphatic rings. The van der Waals surface area contributed by atoms with E-state index in [0.29, 0.717) is 31.7 Å². The number of carbonyl (C=O) groups is 2. The Balaban J connectivity index is 1.94. The zero-order chi connectivity index (χ0) is 18.1. The van der Waals surface area contributed by atoms with E-state index in [4.69, 9.17) is 9.47 Å². The summed E-state index contributed by atoms with van der Waals surface area (Å²) in [5, 5.41) is 2.81. The van der Waals surface area contributed by atoms with Gasteiger partial charge < -0.3 is 14.8 Å². The molecule has 1 aliphatic heterocycles. The van der Waals surface area contributed by atoms with Crippen LogP contribution in [-0.4, -0.2) is 11.9 Å². The monoisotopic (exact) mass is 465 g/mol. The van der Waals surface area contributed by atoms with Crippen LogP contribution in [0.1, 0.15) is 18.1 Å². The summed E-state index contributed by atoms with van der Waals surface area (Å²) < 4.78 is 12.0. The Bertz CT molecular complexity index is 898. The van der Waals surface area contributed by atoms with Crippen molar-refractivity contribution in [3.8, 4) is 11.5 Å². The standard InChI is InChI=1S/C18H13Br2NO4/c1-9-3-4-15-14(5-9)21-18(23)16(25-15)8-11-6-12(19)17(13(20)7-11)24-10(2)22/h3-8H,1-2H3,(H,21,23)/b16-8-. The molecule has 7 heteroatoms. The lowest BCUT2D eigenvalue weighted by Gasteiger charge is -2.20. The fourth-order valence-electron chi connectivity index (χ4n) is 2.33. The van der Waals surface area contributed by atoms with Gasteiger partial charge in [-0.1, -0.05) is 6.07 Å². The van der Waals surface area contributed by atoms with Crippen LogP contribution in [0.25, 0.3) is 6.08 Å². The summed E-state index contributed by atoms with van der Waals surface area (Å²) in [6.07, 6.45) is 1.62. The van der Waals surface area contributed by atoms with Crippen molar-refractivity contribution < 1.29 is 19.1 Å². The van der Waals surface area contributed by atoms with Gasteiger partial charge in [-0.3, -0.25) is 9.59 Å². The van der Waals surface area contributed by atoms with Crippen molar-refractivity contribution in [1.29, 1.82) is 0 Å². The van der Waals surface area contributed by atoms with Gasteiger partial charge in [0.25, 0.3) is 5.91 Å². The molecule has 5 nitrogen and oxygen atoms in total. The SMILES string of the molecule is CC(=O)Oc1c(Br)cc(/C=C2\Oc3ccc(C)cc3NC2=O)cc1Br. The van der Waals surface area contributed by atoms with Crippen LogP contribution >= 0.6 is 31.9 Å². The Morgan fingerprint density at radius 2 is 1.88 bits per heavy atom. The first-order valence-electron chi connectivity index (χ1n) is 7.32. The number of ether oxygens (including phenoxy) is 2.